The predicted molar refractivity (Wildman–Crippen MR) is 110 cm³/mol. The lowest BCUT2D eigenvalue weighted by Crippen LogP contribution is -2.17. The fraction of sp³-hybridized carbons (Fsp3) is 0.826. The third-order valence-electron chi connectivity index (χ3n) is 5.95. The summed E-state index contributed by atoms with van der Waals surface area (Å²) in [7, 11) is 0. The fourth-order valence-corrected chi connectivity index (χ4v) is 4.19. The van der Waals surface area contributed by atoms with Gasteiger partial charge in [-0.25, -0.2) is 0 Å². The molecule has 0 saturated heterocycles. The average molecular weight is 381 g/mol. The maximum absolute atomic E-state index is 12.3. The van der Waals surface area contributed by atoms with Crippen molar-refractivity contribution in [1.29, 1.82) is 0 Å². The van der Waals surface area contributed by atoms with Crippen LogP contribution in [0.5, 0.6) is 0 Å². The van der Waals surface area contributed by atoms with Crippen LogP contribution in [-0.4, -0.2) is 28.1 Å². The number of aliphatic carboxylic acids is 1. The summed E-state index contributed by atoms with van der Waals surface area (Å²) in [6, 6.07) is 0. The standard InChI is InChI=1S/C23H40O4/c1-17(2)13-15-23(3,4)14-7-8-18-11-12-21(25)20(18)10-6-5-9-19(24)16-22(26)27/h13,18-20,24H,5-12,14-16H2,1-4H3,(H,26,27)/t18-,19?,20+/m0/s1. The fourth-order valence-electron chi connectivity index (χ4n) is 4.19. The van der Waals surface area contributed by atoms with E-state index < -0.39 is 12.1 Å². The number of rotatable bonds is 13. The number of ketones is 1. The predicted octanol–water partition coefficient (Wildman–Crippen LogP) is 5.53. The molecule has 1 aliphatic rings. The Kier molecular flexibility index (Phi) is 10.3. The highest BCUT2D eigenvalue weighted by molar-refractivity contribution is 5.83. The molecule has 1 fully saturated rings. The van der Waals surface area contributed by atoms with Gasteiger partial charge in [0.05, 0.1) is 12.5 Å². The Balaban J connectivity index is 2.33. The number of Topliss-reactive ketones (excluding diaryl/α,β-unsaturated/α-hetero) is 1. The van der Waals surface area contributed by atoms with Crippen LogP contribution in [0.1, 0.15) is 98.3 Å². The SMILES string of the molecule is CC(C)=CCC(C)(C)CCC[C@H]1CCC(=O)[C@@H]1CCCCC(O)CC(=O)O. The van der Waals surface area contributed by atoms with Gasteiger partial charge < -0.3 is 10.2 Å². The summed E-state index contributed by atoms with van der Waals surface area (Å²) in [5, 5.41) is 18.3. The van der Waals surface area contributed by atoms with Gasteiger partial charge in [-0.2, -0.15) is 0 Å². The summed E-state index contributed by atoms with van der Waals surface area (Å²) in [6.07, 6.45) is 10.8. The lowest BCUT2D eigenvalue weighted by molar-refractivity contribution is -0.139. The molecule has 1 aliphatic carbocycles. The molecular weight excluding hydrogens is 340 g/mol. The lowest BCUT2D eigenvalue weighted by Gasteiger charge is -2.25. The molecule has 0 aromatic rings. The van der Waals surface area contributed by atoms with E-state index in [2.05, 4.69) is 33.8 Å². The van der Waals surface area contributed by atoms with Gasteiger partial charge >= 0.3 is 5.97 Å². The number of aliphatic hydroxyl groups is 1. The van der Waals surface area contributed by atoms with E-state index in [9.17, 15) is 14.7 Å². The van der Waals surface area contributed by atoms with E-state index >= 15 is 0 Å². The Morgan fingerprint density at radius 3 is 2.56 bits per heavy atom. The van der Waals surface area contributed by atoms with Gasteiger partial charge in [0.15, 0.2) is 0 Å². The zero-order chi connectivity index (χ0) is 20.4. The van der Waals surface area contributed by atoms with Gasteiger partial charge in [-0.15, -0.1) is 0 Å². The van der Waals surface area contributed by atoms with Gasteiger partial charge in [-0.1, -0.05) is 44.8 Å². The molecule has 0 heterocycles. The summed E-state index contributed by atoms with van der Waals surface area (Å²) in [6.45, 7) is 8.94. The van der Waals surface area contributed by atoms with E-state index in [-0.39, 0.29) is 12.3 Å². The summed E-state index contributed by atoms with van der Waals surface area (Å²) in [4.78, 5) is 22.8. The molecule has 0 amide bonds. The van der Waals surface area contributed by atoms with Gasteiger partial charge in [0, 0.05) is 12.3 Å². The van der Waals surface area contributed by atoms with Crippen LogP contribution in [0.25, 0.3) is 0 Å². The Hall–Kier alpha value is -1.16. The molecule has 0 aliphatic heterocycles. The molecular formula is C23H40O4. The molecule has 0 aromatic carbocycles. The van der Waals surface area contributed by atoms with Crippen LogP contribution >= 0.6 is 0 Å². The smallest absolute Gasteiger partial charge is 0.305 e. The van der Waals surface area contributed by atoms with Crippen molar-refractivity contribution in [2.75, 3.05) is 0 Å². The summed E-state index contributed by atoms with van der Waals surface area (Å²) in [5.41, 5.74) is 1.69. The zero-order valence-electron chi connectivity index (χ0n) is 17.8. The van der Waals surface area contributed by atoms with Crippen molar-refractivity contribution in [2.24, 2.45) is 17.3 Å². The van der Waals surface area contributed by atoms with Crippen molar-refractivity contribution >= 4 is 11.8 Å². The molecule has 0 radical (unpaired) electrons. The average Bonchev–Trinajstić information content (AvgIpc) is 2.89. The molecule has 1 unspecified atom stereocenters. The first-order valence-electron chi connectivity index (χ1n) is 10.7. The van der Waals surface area contributed by atoms with Crippen LogP contribution in [0.2, 0.25) is 0 Å². The number of carboxylic acid groups (broad SMARTS) is 1. The third-order valence-corrected chi connectivity index (χ3v) is 5.95. The highest BCUT2D eigenvalue weighted by Gasteiger charge is 2.33. The van der Waals surface area contributed by atoms with Crippen molar-refractivity contribution in [1.82, 2.24) is 0 Å². The van der Waals surface area contributed by atoms with E-state index in [1.165, 1.54) is 18.4 Å². The number of unbranched alkanes of at least 4 members (excludes halogenated alkanes) is 1. The molecule has 4 nitrogen and oxygen atoms in total. The molecule has 0 aromatic heterocycles. The maximum Gasteiger partial charge on any atom is 0.305 e. The summed E-state index contributed by atoms with van der Waals surface area (Å²) in [5.74, 6) is 0.152. The second kappa shape index (κ2) is 11.6. The van der Waals surface area contributed by atoms with E-state index in [0.29, 0.717) is 23.5 Å². The van der Waals surface area contributed by atoms with Crippen molar-refractivity contribution in [3.63, 3.8) is 0 Å². The molecule has 0 spiro atoms. The quantitative estimate of drug-likeness (QED) is 0.325. The van der Waals surface area contributed by atoms with Crippen LogP contribution in [0, 0.1) is 17.3 Å². The second-order valence-electron chi connectivity index (χ2n) is 9.45. The third kappa shape index (κ3) is 10.1. The first-order chi connectivity index (χ1) is 12.6. The maximum atomic E-state index is 12.3. The van der Waals surface area contributed by atoms with Gasteiger partial charge in [0.1, 0.15) is 5.78 Å². The topological polar surface area (TPSA) is 74.6 Å². The van der Waals surface area contributed by atoms with E-state index in [1.807, 2.05) is 0 Å². The summed E-state index contributed by atoms with van der Waals surface area (Å²) < 4.78 is 0. The van der Waals surface area contributed by atoms with Crippen molar-refractivity contribution in [3.8, 4) is 0 Å². The minimum atomic E-state index is -0.957. The van der Waals surface area contributed by atoms with Gasteiger partial charge in [-0.3, -0.25) is 9.59 Å². The molecule has 4 heteroatoms. The van der Waals surface area contributed by atoms with Gasteiger partial charge in [0.2, 0.25) is 0 Å². The normalized spacial score (nSPS) is 21.3. The molecule has 2 N–H and O–H groups in total. The first-order valence-corrected chi connectivity index (χ1v) is 10.7. The molecule has 1 rings (SSSR count). The lowest BCUT2D eigenvalue weighted by atomic mass is 9.80. The highest BCUT2D eigenvalue weighted by atomic mass is 16.4. The largest absolute Gasteiger partial charge is 0.481 e. The van der Waals surface area contributed by atoms with Crippen LogP contribution in [0.15, 0.2) is 11.6 Å². The van der Waals surface area contributed by atoms with Crippen LogP contribution in [-0.2, 0) is 9.59 Å². The number of carboxylic acids is 1. The second-order valence-corrected chi connectivity index (χ2v) is 9.45. The van der Waals surface area contributed by atoms with Crippen LogP contribution in [0.3, 0.4) is 0 Å². The number of hydrogen-bond donors (Lipinski definition) is 2. The molecule has 0 bridgehead atoms. The number of hydrogen-bond acceptors (Lipinski definition) is 3. The van der Waals surface area contributed by atoms with E-state index in [0.717, 1.165) is 44.9 Å². The number of carbonyl (C=O) groups excluding carboxylic acids is 1. The highest BCUT2D eigenvalue weighted by Crippen LogP contribution is 2.38. The minimum absolute atomic E-state index is 0.183. The zero-order valence-corrected chi connectivity index (χ0v) is 17.8. The van der Waals surface area contributed by atoms with Gasteiger partial charge in [0.25, 0.3) is 0 Å². The summed E-state index contributed by atoms with van der Waals surface area (Å²) >= 11 is 0. The van der Waals surface area contributed by atoms with Crippen molar-refractivity contribution < 1.29 is 19.8 Å². The first kappa shape index (κ1) is 23.9. The molecule has 3 atom stereocenters. The Labute approximate surface area is 165 Å². The molecule has 156 valence electrons. The monoisotopic (exact) mass is 380 g/mol. The molecule has 1 saturated carbocycles. The van der Waals surface area contributed by atoms with Crippen molar-refractivity contribution in [2.45, 2.75) is 104 Å². The Morgan fingerprint density at radius 2 is 1.93 bits per heavy atom. The van der Waals surface area contributed by atoms with Crippen molar-refractivity contribution in [3.05, 3.63) is 11.6 Å². The Morgan fingerprint density at radius 1 is 1.22 bits per heavy atom. The number of allylic oxidation sites excluding steroid dienone is 2. The minimum Gasteiger partial charge on any atom is -0.481 e. The Bertz CT molecular complexity index is 503. The van der Waals surface area contributed by atoms with Crippen LogP contribution in [0.4, 0.5) is 0 Å². The number of carbonyl (C=O) groups is 2. The van der Waals surface area contributed by atoms with Crippen LogP contribution < -0.4 is 0 Å². The number of aliphatic hydroxyl groups excluding tert-OH is 1. The van der Waals surface area contributed by atoms with Gasteiger partial charge in [-0.05, 0) is 63.7 Å². The van der Waals surface area contributed by atoms with E-state index in [4.69, 9.17) is 5.11 Å². The van der Waals surface area contributed by atoms with E-state index in [1.54, 1.807) is 0 Å². The molecule has 27 heavy (non-hydrogen) atoms.